The number of hydrogen-bond donors (Lipinski definition) is 0. The van der Waals surface area contributed by atoms with Crippen molar-refractivity contribution < 1.29 is 9.21 Å². The molecule has 0 aliphatic carbocycles. The summed E-state index contributed by atoms with van der Waals surface area (Å²) in [6.45, 7) is 2.31. The van der Waals surface area contributed by atoms with Gasteiger partial charge in [0.15, 0.2) is 5.78 Å². The standard InChI is InChI=1S/C24H22N4O2/c1-18-8-9-21(27(2)17-23(29)19-6-4-3-5-7-19)16-22(18)28(24-26-14-15-30-24)20-10-12-25-13-11-20/h3-16H,17H2,1-2H3. The molecule has 2 aromatic carbocycles. The van der Waals surface area contributed by atoms with E-state index in [1.165, 1.54) is 0 Å². The van der Waals surface area contributed by atoms with E-state index in [1.807, 2.05) is 84.4 Å². The van der Waals surface area contributed by atoms with Crippen LogP contribution in [-0.2, 0) is 0 Å². The Hall–Kier alpha value is -3.93. The third-order valence-electron chi connectivity index (χ3n) is 4.88. The van der Waals surface area contributed by atoms with Crippen LogP contribution in [0.25, 0.3) is 0 Å². The number of aryl methyl sites for hydroxylation is 1. The van der Waals surface area contributed by atoms with Crippen molar-refractivity contribution in [3.05, 3.63) is 96.6 Å². The summed E-state index contributed by atoms with van der Waals surface area (Å²) in [5, 5.41) is 0. The molecular weight excluding hydrogens is 376 g/mol. The van der Waals surface area contributed by atoms with Gasteiger partial charge in [0.1, 0.15) is 6.26 Å². The first-order valence-corrected chi connectivity index (χ1v) is 9.63. The predicted molar refractivity (Wildman–Crippen MR) is 118 cm³/mol. The van der Waals surface area contributed by atoms with E-state index in [9.17, 15) is 4.79 Å². The van der Waals surface area contributed by atoms with Gasteiger partial charge in [-0.05, 0) is 36.8 Å². The Morgan fingerprint density at radius 2 is 1.73 bits per heavy atom. The van der Waals surface area contributed by atoms with Crippen LogP contribution < -0.4 is 9.80 Å². The zero-order valence-electron chi connectivity index (χ0n) is 16.9. The number of oxazole rings is 1. The Labute approximate surface area is 175 Å². The monoisotopic (exact) mass is 398 g/mol. The van der Waals surface area contributed by atoms with E-state index in [-0.39, 0.29) is 12.3 Å². The highest BCUT2D eigenvalue weighted by Gasteiger charge is 2.20. The molecule has 0 aliphatic heterocycles. The van der Waals surface area contributed by atoms with Gasteiger partial charge >= 0.3 is 6.01 Å². The van der Waals surface area contributed by atoms with Gasteiger partial charge in [-0.3, -0.25) is 14.7 Å². The van der Waals surface area contributed by atoms with Gasteiger partial charge in [-0.2, -0.15) is 0 Å². The van der Waals surface area contributed by atoms with Gasteiger partial charge in [0.25, 0.3) is 0 Å². The van der Waals surface area contributed by atoms with E-state index in [4.69, 9.17) is 4.42 Å². The number of carbonyl (C=O) groups is 1. The summed E-state index contributed by atoms with van der Waals surface area (Å²) in [6, 6.07) is 19.7. The van der Waals surface area contributed by atoms with E-state index in [0.717, 1.165) is 22.6 Å². The molecule has 4 aromatic rings. The van der Waals surface area contributed by atoms with Crippen LogP contribution in [0.5, 0.6) is 0 Å². The molecule has 0 atom stereocenters. The molecule has 0 unspecified atom stereocenters. The molecule has 2 aromatic heterocycles. The molecule has 0 spiro atoms. The number of rotatable bonds is 7. The Kier molecular flexibility index (Phi) is 5.57. The summed E-state index contributed by atoms with van der Waals surface area (Å²) in [6.07, 6.45) is 6.63. The number of anilines is 4. The number of ketones is 1. The highest BCUT2D eigenvalue weighted by atomic mass is 16.4. The third-order valence-corrected chi connectivity index (χ3v) is 4.88. The molecule has 0 bridgehead atoms. The molecule has 150 valence electrons. The molecule has 6 heteroatoms. The number of hydrogen-bond acceptors (Lipinski definition) is 6. The molecule has 4 rings (SSSR count). The summed E-state index contributed by atoms with van der Waals surface area (Å²) in [5.74, 6) is 0.0684. The van der Waals surface area contributed by atoms with Crippen LogP contribution in [0.4, 0.5) is 23.1 Å². The lowest BCUT2D eigenvalue weighted by Gasteiger charge is -2.25. The van der Waals surface area contributed by atoms with Crippen molar-refractivity contribution in [2.24, 2.45) is 0 Å². The Balaban J connectivity index is 1.67. The summed E-state index contributed by atoms with van der Waals surface area (Å²) >= 11 is 0. The fourth-order valence-electron chi connectivity index (χ4n) is 3.27. The van der Waals surface area contributed by atoms with Gasteiger partial charge in [0, 0.05) is 30.7 Å². The lowest BCUT2D eigenvalue weighted by molar-refractivity contribution is 0.100. The maximum Gasteiger partial charge on any atom is 0.306 e. The summed E-state index contributed by atoms with van der Waals surface area (Å²) < 4.78 is 5.61. The lowest BCUT2D eigenvalue weighted by Crippen LogP contribution is -2.26. The van der Waals surface area contributed by atoms with Crippen molar-refractivity contribution in [1.82, 2.24) is 9.97 Å². The minimum Gasteiger partial charge on any atom is -0.432 e. The number of nitrogens with zero attached hydrogens (tertiary/aromatic N) is 4. The second-order valence-corrected chi connectivity index (χ2v) is 6.97. The quantitative estimate of drug-likeness (QED) is 0.400. The number of aromatic nitrogens is 2. The fourth-order valence-corrected chi connectivity index (χ4v) is 3.27. The minimum absolute atomic E-state index is 0.0684. The third kappa shape index (κ3) is 4.07. The Morgan fingerprint density at radius 3 is 2.43 bits per heavy atom. The molecular formula is C24H22N4O2. The smallest absolute Gasteiger partial charge is 0.306 e. The van der Waals surface area contributed by atoms with E-state index >= 15 is 0 Å². The van der Waals surface area contributed by atoms with Crippen LogP contribution in [0.2, 0.25) is 0 Å². The number of benzene rings is 2. The maximum atomic E-state index is 12.6. The van der Waals surface area contributed by atoms with Crippen molar-refractivity contribution in [1.29, 1.82) is 0 Å². The minimum atomic E-state index is 0.0684. The SMILES string of the molecule is Cc1ccc(N(C)CC(=O)c2ccccc2)cc1N(c1ccncc1)c1ncco1. The number of carbonyl (C=O) groups excluding carboxylic acids is 1. The first-order chi connectivity index (χ1) is 14.6. The van der Waals surface area contributed by atoms with Crippen molar-refractivity contribution >= 4 is 28.9 Å². The van der Waals surface area contributed by atoms with Crippen molar-refractivity contribution in [3.8, 4) is 0 Å². The normalized spacial score (nSPS) is 10.6. The first-order valence-electron chi connectivity index (χ1n) is 9.63. The second kappa shape index (κ2) is 8.61. The molecule has 6 nitrogen and oxygen atoms in total. The van der Waals surface area contributed by atoms with Crippen LogP contribution in [0, 0.1) is 6.92 Å². The average molecular weight is 398 g/mol. The molecule has 0 radical (unpaired) electrons. The van der Waals surface area contributed by atoms with Crippen molar-refractivity contribution in [2.45, 2.75) is 6.92 Å². The van der Waals surface area contributed by atoms with E-state index in [2.05, 4.69) is 9.97 Å². The average Bonchev–Trinajstić information content (AvgIpc) is 3.31. The van der Waals surface area contributed by atoms with Crippen LogP contribution >= 0.6 is 0 Å². The largest absolute Gasteiger partial charge is 0.432 e. The number of Topliss-reactive ketones (excluding diaryl/α,β-unsaturated/α-hetero) is 1. The van der Waals surface area contributed by atoms with Gasteiger partial charge in [-0.15, -0.1) is 0 Å². The van der Waals surface area contributed by atoms with E-state index < -0.39 is 0 Å². The highest BCUT2D eigenvalue weighted by Crippen LogP contribution is 2.37. The van der Waals surface area contributed by atoms with Gasteiger partial charge in [0.05, 0.1) is 24.1 Å². The summed E-state index contributed by atoms with van der Waals surface area (Å²) in [7, 11) is 1.91. The van der Waals surface area contributed by atoms with Crippen LogP contribution in [-0.4, -0.2) is 29.3 Å². The molecule has 0 saturated carbocycles. The maximum absolute atomic E-state index is 12.6. The van der Waals surface area contributed by atoms with Crippen LogP contribution in [0.3, 0.4) is 0 Å². The summed E-state index contributed by atoms with van der Waals surface area (Å²) in [4.78, 5) is 25.0. The Bertz CT molecular complexity index is 1110. The molecule has 0 fully saturated rings. The van der Waals surface area contributed by atoms with E-state index in [1.54, 1.807) is 24.9 Å². The second-order valence-electron chi connectivity index (χ2n) is 6.97. The van der Waals surface area contributed by atoms with Gasteiger partial charge in [-0.25, -0.2) is 4.98 Å². The van der Waals surface area contributed by atoms with Crippen LogP contribution in [0.1, 0.15) is 15.9 Å². The molecule has 0 amide bonds. The number of pyridine rings is 1. The van der Waals surface area contributed by atoms with Crippen molar-refractivity contribution in [3.63, 3.8) is 0 Å². The van der Waals surface area contributed by atoms with Gasteiger partial charge in [-0.1, -0.05) is 36.4 Å². The summed E-state index contributed by atoms with van der Waals surface area (Å²) in [5.41, 5.74) is 4.48. The zero-order chi connectivity index (χ0) is 20.9. The zero-order valence-corrected chi connectivity index (χ0v) is 16.9. The molecule has 0 saturated heterocycles. The van der Waals surface area contributed by atoms with Crippen molar-refractivity contribution in [2.75, 3.05) is 23.4 Å². The lowest BCUT2D eigenvalue weighted by atomic mass is 10.1. The Morgan fingerprint density at radius 1 is 0.967 bits per heavy atom. The fraction of sp³-hybridized carbons (Fsp3) is 0.125. The topological polar surface area (TPSA) is 62.5 Å². The van der Waals surface area contributed by atoms with E-state index in [0.29, 0.717) is 11.6 Å². The van der Waals surface area contributed by atoms with Crippen LogP contribution in [0.15, 0.2) is 89.9 Å². The molecule has 0 N–H and O–H groups in total. The van der Waals surface area contributed by atoms with Gasteiger partial charge in [0.2, 0.25) is 0 Å². The molecule has 30 heavy (non-hydrogen) atoms. The predicted octanol–water partition coefficient (Wildman–Crippen LogP) is 5.17. The molecule has 2 heterocycles. The number of likely N-dealkylation sites (N-methyl/N-ethyl adjacent to an activating group) is 1. The molecule has 0 aliphatic rings. The highest BCUT2D eigenvalue weighted by molar-refractivity contribution is 5.99. The first kappa shape index (κ1) is 19.4. The van der Waals surface area contributed by atoms with Gasteiger partial charge < -0.3 is 9.32 Å².